The number of hydrogen-bond donors (Lipinski definition) is 1. The van der Waals surface area contributed by atoms with Crippen molar-refractivity contribution in [1.82, 2.24) is 9.88 Å². The van der Waals surface area contributed by atoms with Crippen LogP contribution in [0.5, 0.6) is 5.88 Å². The number of likely N-dealkylation sites (N-methyl/N-ethyl adjacent to an activating group) is 1. The predicted octanol–water partition coefficient (Wildman–Crippen LogP) is 2.17. The molecule has 4 nitrogen and oxygen atoms in total. The second-order valence-electron chi connectivity index (χ2n) is 5.40. The second-order valence-corrected chi connectivity index (χ2v) is 5.40. The first-order valence-corrected chi connectivity index (χ1v) is 7.19. The van der Waals surface area contributed by atoms with Gasteiger partial charge in [0, 0.05) is 30.7 Å². The molecule has 106 valence electrons. The maximum atomic E-state index is 5.87. The maximum Gasteiger partial charge on any atom is 0.221 e. The molecule has 0 saturated heterocycles. The molecule has 20 heavy (non-hydrogen) atoms. The van der Waals surface area contributed by atoms with E-state index in [2.05, 4.69) is 23.0 Å². The normalized spacial score (nSPS) is 14.9. The van der Waals surface area contributed by atoms with Crippen molar-refractivity contribution in [3.63, 3.8) is 0 Å². The Hall–Kier alpha value is -1.65. The number of aromatic nitrogens is 1. The van der Waals surface area contributed by atoms with Gasteiger partial charge in [0.2, 0.25) is 5.88 Å². The standard InChI is InChI=1S/C16H21N3O/c1-19(13-6-7-13)8-9-20-16-15-5-3-2-4-14(15)12(10-17)11-18-16/h2-5,11,13H,6-10,17H2,1H3. The van der Waals surface area contributed by atoms with Gasteiger partial charge in [0.15, 0.2) is 0 Å². The molecular formula is C16H21N3O. The third-order valence-corrected chi connectivity index (χ3v) is 3.91. The van der Waals surface area contributed by atoms with E-state index in [0.717, 1.165) is 28.9 Å². The van der Waals surface area contributed by atoms with Gasteiger partial charge in [0.25, 0.3) is 0 Å². The molecule has 1 saturated carbocycles. The van der Waals surface area contributed by atoms with Crippen LogP contribution in [-0.2, 0) is 6.54 Å². The number of pyridine rings is 1. The summed E-state index contributed by atoms with van der Waals surface area (Å²) in [7, 11) is 2.16. The van der Waals surface area contributed by atoms with Crippen LogP contribution in [0, 0.1) is 0 Å². The summed E-state index contributed by atoms with van der Waals surface area (Å²) >= 11 is 0. The first kappa shape index (κ1) is 13.3. The van der Waals surface area contributed by atoms with Crippen LogP contribution < -0.4 is 10.5 Å². The number of benzene rings is 1. The van der Waals surface area contributed by atoms with Gasteiger partial charge >= 0.3 is 0 Å². The van der Waals surface area contributed by atoms with Gasteiger partial charge in [-0.25, -0.2) is 4.98 Å². The first-order valence-electron chi connectivity index (χ1n) is 7.19. The van der Waals surface area contributed by atoms with Gasteiger partial charge < -0.3 is 15.4 Å². The molecule has 0 amide bonds. The minimum absolute atomic E-state index is 0.498. The van der Waals surface area contributed by atoms with Gasteiger partial charge in [-0.1, -0.05) is 18.2 Å². The fourth-order valence-electron chi connectivity index (χ4n) is 2.49. The molecule has 1 aliphatic carbocycles. The van der Waals surface area contributed by atoms with Crippen molar-refractivity contribution in [2.75, 3.05) is 20.2 Å². The molecule has 2 N–H and O–H groups in total. The zero-order valence-electron chi connectivity index (χ0n) is 11.9. The lowest BCUT2D eigenvalue weighted by Gasteiger charge is -2.16. The molecule has 0 aliphatic heterocycles. The van der Waals surface area contributed by atoms with E-state index in [9.17, 15) is 0 Å². The van der Waals surface area contributed by atoms with Crippen molar-refractivity contribution in [3.8, 4) is 5.88 Å². The van der Waals surface area contributed by atoms with E-state index in [4.69, 9.17) is 10.5 Å². The molecule has 1 aromatic heterocycles. The minimum Gasteiger partial charge on any atom is -0.476 e. The van der Waals surface area contributed by atoms with Crippen LogP contribution in [-0.4, -0.2) is 36.1 Å². The van der Waals surface area contributed by atoms with Crippen LogP contribution in [0.2, 0.25) is 0 Å². The van der Waals surface area contributed by atoms with E-state index in [0.29, 0.717) is 19.0 Å². The van der Waals surface area contributed by atoms with Gasteiger partial charge in [-0.05, 0) is 36.9 Å². The Balaban J connectivity index is 1.74. The molecule has 0 bridgehead atoms. The SMILES string of the molecule is CN(CCOc1ncc(CN)c2ccccc12)C1CC1. The Morgan fingerprint density at radius 1 is 1.30 bits per heavy atom. The van der Waals surface area contributed by atoms with Gasteiger partial charge in [-0.2, -0.15) is 0 Å². The minimum atomic E-state index is 0.498. The molecule has 3 rings (SSSR count). The Morgan fingerprint density at radius 3 is 2.75 bits per heavy atom. The van der Waals surface area contributed by atoms with Crippen molar-refractivity contribution in [2.24, 2.45) is 5.73 Å². The zero-order valence-corrected chi connectivity index (χ0v) is 11.9. The smallest absolute Gasteiger partial charge is 0.221 e. The molecule has 4 heteroatoms. The van der Waals surface area contributed by atoms with E-state index >= 15 is 0 Å². The molecule has 0 radical (unpaired) electrons. The van der Waals surface area contributed by atoms with Crippen LogP contribution >= 0.6 is 0 Å². The van der Waals surface area contributed by atoms with Gasteiger partial charge in [-0.3, -0.25) is 0 Å². The van der Waals surface area contributed by atoms with E-state index < -0.39 is 0 Å². The van der Waals surface area contributed by atoms with E-state index in [-0.39, 0.29) is 0 Å². The van der Waals surface area contributed by atoms with E-state index in [1.54, 1.807) is 0 Å². The summed E-state index contributed by atoms with van der Waals surface area (Å²) in [6.07, 6.45) is 4.47. The molecular weight excluding hydrogens is 250 g/mol. The van der Waals surface area contributed by atoms with E-state index in [1.807, 2.05) is 24.4 Å². The van der Waals surface area contributed by atoms with Crippen LogP contribution in [0.4, 0.5) is 0 Å². The van der Waals surface area contributed by atoms with Crippen LogP contribution in [0.25, 0.3) is 10.8 Å². The van der Waals surface area contributed by atoms with Crippen LogP contribution in [0.1, 0.15) is 18.4 Å². The Kier molecular flexibility index (Phi) is 3.85. The highest BCUT2D eigenvalue weighted by Gasteiger charge is 2.25. The topological polar surface area (TPSA) is 51.4 Å². The number of hydrogen-bond acceptors (Lipinski definition) is 4. The first-order chi connectivity index (χ1) is 9.79. The van der Waals surface area contributed by atoms with Crippen molar-refractivity contribution < 1.29 is 4.74 Å². The largest absolute Gasteiger partial charge is 0.476 e. The molecule has 1 aliphatic rings. The summed E-state index contributed by atoms with van der Waals surface area (Å²) in [4.78, 5) is 6.77. The highest BCUT2D eigenvalue weighted by atomic mass is 16.5. The second kappa shape index (κ2) is 5.77. The molecule has 2 aromatic rings. The van der Waals surface area contributed by atoms with Gasteiger partial charge in [0.05, 0.1) is 0 Å². The fourth-order valence-corrected chi connectivity index (χ4v) is 2.49. The lowest BCUT2D eigenvalue weighted by molar-refractivity contribution is 0.228. The Labute approximate surface area is 119 Å². The number of fused-ring (bicyclic) bond motifs is 1. The molecule has 1 heterocycles. The van der Waals surface area contributed by atoms with Crippen molar-refractivity contribution in [2.45, 2.75) is 25.4 Å². The summed E-state index contributed by atoms with van der Waals surface area (Å²) in [5.74, 6) is 0.710. The quantitative estimate of drug-likeness (QED) is 0.875. The average molecular weight is 271 g/mol. The number of ether oxygens (including phenoxy) is 1. The summed E-state index contributed by atoms with van der Waals surface area (Å²) < 4.78 is 5.87. The Bertz CT molecular complexity index is 595. The summed E-state index contributed by atoms with van der Waals surface area (Å²) in [5, 5.41) is 2.18. The molecule has 1 fully saturated rings. The third-order valence-electron chi connectivity index (χ3n) is 3.91. The summed E-state index contributed by atoms with van der Waals surface area (Å²) in [6.45, 7) is 2.11. The maximum absolute atomic E-state index is 5.87. The summed E-state index contributed by atoms with van der Waals surface area (Å²) in [5.41, 5.74) is 6.82. The van der Waals surface area contributed by atoms with Gasteiger partial charge in [-0.15, -0.1) is 0 Å². The van der Waals surface area contributed by atoms with E-state index in [1.165, 1.54) is 12.8 Å². The number of nitrogens with zero attached hydrogens (tertiary/aromatic N) is 2. The van der Waals surface area contributed by atoms with Crippen LogP contribution in [0.15, 0.2) is 30.5 Å². The lowest BCUT2D eigenvalue weighted by atomic mass is 10.1. The molecule has 0 atom stereocenters. The molecule has 1 aromatic carbocycles. The summed E-state index contributed by atoms with van der Waals surface area (Å²) in [6, 6.07) is 8.91. The van der Waals surface area contributed by atoms with Crippen molar-refractivity contribution >= 4 is 10.8 Å². The number of rotatable bonds is 6. The molecule has 0 unspecified atom stereocenters. The third kappa shape index (κ3) is 2.76. The van der Waals surface area contributed by atoms with Crippen molar-refractivity contribution in [1.29, 1.82) is 0 Å². The Morgan fingerprint density at radius 2 is 2.05 bits per heavy atom. The highest BCUT2D eigenvalue weighted by molar-refractivity contribution is 5.89. The lowest BCUT2D eigenvalue weighted by Crippen LogP contribution is -2.26. The highest BCUT2D eigenvalue weighted by Crippen LogP contribution is 2.27. The van der Waals surface area contributed by atoms with Crippen molar-refractivity contribution in [3.05, 3.63) is 36.0 Å². The van der Waals surface area contributed by atoms with Gasteiger partial charge in [0.1, 0.15) is 6.61 Å². The molecule has 0 spiro atoms. The zero-order chi connectivity index (χ0) is 13.9. The fraction of sp³-hybridized carbons (Fsp3) is 0.438. The van der Waals surface area contributed by atoms with Crippen LogP contribution in [0.3, 0.4) is 0 Å². The monoisotopic (exact) mass is 271 g/mol. The number of nitrogens with two attached hydrogens (primary N) is 1. The average Bonchev–Trinajstić information content (AvgIpc) is 3.32. The predicted molar refractivity (Wildman–Crippen MR) is 80.8 cm³/mol.